The highest BCUT2D eigenvalue weighted by atomic mass is 35.5. The van der Waals surface area contributed by atoms with Crippen molar-refractivity contribution in [2.45, 2.75) is 19.5 Å². The molecule has 2 amide bonds. The highest BCUT2D eigenvalue weighted by Crippen LogP contribution is 2.23. The zero-order valence-corrected chi connectivity index (χ0v) is 18.1. The molecule has 3 N–H and O–H groups in total. The first-order valence-corrected chi connectivity index (χ1v) is 10.5. The maximum absolute atomic E-state index is 13.1. The summed E-state index contributed by atoms with van der Waals surface area (Å²) in [7, 11) is 0. The summed E-state index contributed by atoms with van der Waals surface area (Å²) < 4.78 is 13.1. The molecule has 1 aliphatic heterocycles. The summed E-state index contributed by atoms with van der Waals surface area (Å²) in [6, 6.07) is 11.4. The molecule has 164 valence electrons. The molecule has 0 bridgehead atoms. The van der Waals surface area contributed by atoms with Gasteiger partial charge >= 0.3 is 0 Å². The van der Waals surface area contributed by atoms with Crippen LogP contribution in [0, 0.1) is 5.82 Å². The summed E-state index contributed by atoms with van der Waals surface area (Å²) in [6.07, 6.45) is 3.16. The Morgan fingerprint density at radius 3 is 2.65 bits per heavy atom. The summed E-state index contributed by atoms with van der Waals surface area (Å²) in [5, 5.41) is 3.21. The lowest BCUT2D eigenvalue weighted by Crippen LogP contribution is -2.57. The fourth-order valence-corrected chi connectivity index (χ4v) is 3.80. The van der Waals surface area contributed by atoms with E-state index in [0.29, 0.717) is 49.0 Å². The van der Waals surface area contributed by atoms with E-state index in [2.05, 4.69) is 10.2 Å². The van der Waals surface area contributed by atoms with E-state index in [9.17, 15) is 14.0 Å². The Hall–Kier alpha value is -2.74. The van der Waals surface area contributed by atoms with E-state index in [-0.39, 0.29) is 23.7 Å². The molecule has 1 aliphatic rings. The van der Waals surface area contributed by atoms with Crippen LogP contribution in [0.4, 0.5) is 10.1 Å². The Morgan fingerprint density at radius 2 is 1.97 bits per heavy atom. The minimum atomic E-state index is -0.256. The normalized spacial score (nSPS) is 17.2. The quantitative estimate of drug-likeness (QED) is 0.671. The number of piperazine rings is 1. The van der Waals surface area contributed by atoms with E-state index in [1.807, 2.05) is 0 Å². The van der Waals surface area contributed by atoms with Crippen molar-refractivity contribution in [1.82, 2.24) is 9.80 Å². The molecule has 2 aromatic rings. The van der Waals surface area contributed by atoms with Gasteiger partial charge in [-0.15, -0.1) is 0 Å². The van der Waals surface area contributed by atoms with E-state index in [4.69, 9.17) is 17.3 Å². The van der Waals surface area contributed by atoms with Gasteiger partial charge in [0.2, 0.25) is 11.8 Å². The van der Waals surface area contributed by atoms with Crippen LogP contribution < -0.4 is 11.1 Å². The largest absolute Gasteiger partial charge is 0.332 e. The van der Waals surface area contributed by atoms with E-state index in [1.165, 1.54) is 25.1 Å². The van der Waals surface area contributed by atoms with Gasteiger partial charge in [0.25, 0.3) is 0 Å². The van der Waals surface area contributed by atoms with Crippen LogP contribution in [0.2, 0.25) is 5.02 Å². The summed E-state index contributed by atoms with van der Waals surface area (Å²) in [6.45, 7) is 4.33. The molecule has 0 aromatic heterocycles. The maximum atomic E-state index is 13.1. The number of amides is 2. The first kappa shape index (κ1) is 22.9. The standard InChI is InChI=1S/C23H26ClFN4O2/c1-16(30)27-22-12-19(24)6-4-18(22)5-9-23(31)29-11-10-28(15-21(29)13-26)14-17-2-7-20(25)8-3-17/h2-9,12,21H,10-11,13-15,26H2,1H3,(H,27,30). The van der Waals surface area contributed by atoms with Crippen molar-refractivity contribution >= 4 is 35.2 Å². The van der Waals surface area contributed by atoms with Gasteiger partial charge in [0.15, 0.2) is 0 Å². The number of nitrogens with two attached hydrogens (primary N) is 1. The molecule has 31 heavy (non-hydrogen) atoms. The van der Waals surface area contributed by atoms with E-state index in [1.54, 1.807) is 41.3 Å². The Labute approximate surface area is 186 Å². The second kappa shape index (κ2) is 10.5. The van der Waals surface area contributed by atoms with Crippen LogP contribution in [-0.2, 0) is 16.1 Å². The fourth-order valence-electron chi connectivity index (χ4n) is 3.63. The smallest absolute Gasteiger partial charge is 0.246 e. The average molecular weight is 445 g/mol. The molecule has 1 atom stereocenters. The third-order valence-corrected chi connectivity index (χ3v) is 5.41. The summed E-state index contributed by atoms with van der Waals surface area (Å²) in [5.74, 6) is -0.613. The number of anilines is 1. The van der Waals surface area contributed by atoms with Gasteiger partial charge in [-0.3, -0.25) is 14.5 Å². The molecule has 2 aromatic carbocycles. The highest BCUT2D eigenvalue weighted by Gasteiger charge is 2.28. The van der Waals surface area contributed by atoms with E-state index in [0.717, 1.165) is 5.56 Å². The van der Waals surface area contributed by atoms with Crippen molar-refractivity contribution in [3.63, 3.8) is 0 Å². The lowest BCUT2D eigenvalue weighted by atomic mass is 10.1. The molecule has 0 spiro atoms. The third kappa shape index (κ3) is 6.37. The van der Waals surface area contributed by atoms with Gasteiger partial charge in [-0.05, 0) is 41.5 Å². The monoisotopic (exact) mass is 444 g/mol. The number of halogens is 2. The number of hydrogen-bond acceptors (Lipinski definition) is 4. The maximum Gasteiger partial charge on any atom is 0.246 e. The first-order valence-electron chi connectivity index (χ1n) is 10.1. The van der Waals surface area contributed by atoms with Gasteiger partial charge in [-0.25, -0.2) is 4.39 Å². The molecule has 6 nitrogen and oxygen atoms in total. The average Bonchev–Trinajstić information content (AvgIpc) is 2.74. The summed E-state index contributed by atoms with van der Waals surface area (Å²) in [5.41, 5.74) is 8.20. The molecular weight excluding hydrogens is 419 g/mol. The molecule has 0 radical (unpaired) electrons. The van der Waals surface area contributed by atoms with Crippen molar-refractivity contribution in [1.29, 1.82) is 0 Å². The predicted octanol–water partition coefficient (Wildman–Crippen LogP) is 3.12. The SMILES string of the molecule is CC(=O)Nc1cc(Cl)ccc1C=CC(=O)N1CCN(Cc2ccc(F)cc2)CC1CN. The van der Waals surface area contributed by atoms with Crippen molar-refractivity contribution < 1.29 is 14.0 Å². The minimum absolute atomic E-state index is 0.119. The zero-order valence-electron chi connectivity index (χ0n) is 17.4. The van der Waals surface area contributed by atoms with Crippen LogP contribution in [0.25, 0.3) is 6.08 Å². The molecule has 0 aliphatic carbocycles. The molecule has 1 saturated heterocycles. The van der Waals surface area contributed by atoms with Gasteiger partial charge in [0.05, 0.1) is 6.04 Å². The number of carbonyl (C=O) groups excluding carboxylic acids is 2. The van der Waals surface area contributed by atoms with Gasteiger partial charge in [-0.1, -0.05) is 29.8 Å². The summed E-state index contributed by atoms with van der Waals surface area (Å²) in [4.78, 5) is 28.3. The van der Waals surface area contributed by atoms with E-state index < -0.39 is 0 Å². The van der Waals surface area contributed by atoms with Crippen LogP contribution in [0.5, 0.6) is 0 Å². The molecular formula is C23H26ClFN4O2. The second-order valence-corrected chi connectivity index (χ2v) is 7.97. The van der Waals surface area contributed by atoms with Gasteiger partial charge in [0.1, 0.15) is 5.82 Å². The van der Waals surface area contributed by atoms with Gasteiger partial charge in [0, 0.05) is 56.4 Å². The molecule has 1 unspecified atom stereocenters. The number of carbonyl (C=O) groups is 2. The Kier molecular flexibility index (Phi) is 7.79. The fraction of sp³-hybridized carbons (Fsp3) is 0.304. The number of nitrogens with one attached hydrogen (secondary N) is 1. The van der Waals surface area contributed by atoms with Gasteiger partial charge < -0.3 is 16.0 Å². The molecule has 3 rings (SSSR count). The minimum Gasteiger partial charge on any atom is -0.332 e. The van der Waals surface area contributed by atoms with Crippen LogP contribution >= 0.6 is 11.6 Å². The Balaban J connectivity index is 1.65. The summed E-state index contributed by atoms with van der Waals surface area (Å²) >= 11 is 6.01. The predicted molar refractivity (Wildman–Crippen MR) is 121 cm³/mol. The van der Waals surface area contributed by atoms with Crippen molar-refractivity contribution in [2.24, 2.45) is 5.73 Å². The molecule has 1 fully saturated rings. The first-order chi connectivity index (χ1) is 14.9. The Morgan fingerprint density at radius 1 is 1.23 bits per heavy atom. The third-order valence-electron chi connectivity index (χ3n) is 5.17. The highest BCUT2D eigenvalue weighted by molar-refractivity contribution is 6.31. The van der Waals surface area contributed by atoms with Crippen LogP contribution in [0.3, 0.4) is 0 Å². The van der Waals surface area contributed by atoms with Crippen LogP contribution in [-0.4, -0.2) is 53.8 Å². The van der Waals surface area contributed by atoms with Crippen molar-refractivity contribution in [3.05, 3.63) is 70.5 Å². The second-order valence-electron chi connectivity index (χ2n) is 7.53. The molecule has 8 heteroatoms. The number of nitrogens with zero attached hydrogens (tertiary/aromatic N) is 2. The lowest BCUT2D eigenvalue weighted by molar-refractivity contribution is -0.130. The van der Waals surface area contributed by atoms with Gasteiger partial charge in [-0.2, -0.15) is 0 Å². The van der Waals surface area contributed by atoms with Crippen molar-refractivity contribution in [3.8, 4) is 0 Å². The lowest BCUT2D eigenvalue weighted by Gasteiger charge is -2.40. The van der Waals surface area contributed by atoms with Crippen LogP contribution in [0.15, 0.2) is 48.5 Å². The Bertz CT molecular complexity index is 965. The topological polar surface area (TPSA) is 78.7 Å². The zero-order chi connectivity index (χ0) is 22.4. The number of benzene rings is 2. The van der Waals surface area contributed by atoms with Crippen molar-refractivity contribution in [2.75, 3.05) is 31.5 Å². The number of hydrogen-bond donors (Lipinski definition) is 2. The van der Waals surface area contributed by atoms with E-state index >= 15 is 0 Å². The molecule has 1 heterocycles. The molecule has 0 saturated carbocycles. The number of rotatable bonds is 6. The van der Waals surface area contributed by atoms with Crippen LogP contribution in [0.1, 0.15) is 18.1 Å².